The number of ether oxygens (including phenoxy) is 1. The molecule has 0 spiro atoms. The molecule has 0 heterocycles. The summed E-state index contributed by atoms with van der Waals surface area (Å²) in [6, 6.07) is 9.40. The first kappa shape index (κ1) is 14.2. The summed E-state index contributed by atoms with van der Waals surface area (Å²) in [5.41, 5.74) is 5.24. The molecule has 0 bridgehead atoms. The Kier molecular flexibility index (Phi) is 3.85. The molecule has 2 aromatic carbocycles. The first-order valence-electron chi connectivity index (χ1n) is 5.74. The van der Waals surface area contributed by atoms with Crippen LogP contribution < -0.4 is 10.5 Å². The molecule has 0 aliphatic heterocycles. The van der Waals surface area contributed by atoms with E-state index in [9.17, 15) is 13.2 Å². The van der Waals surface area contributed by atoms with Gasteiger partial charge in [0.25, 0.3) is 0 Å². The van der Waals surface area contributed by atoms with Crippen LogP contribution in [0.5, 0.6) is 11.5 Å². The molecule has 0 unspecified atom stereocenters. The van der Waals surface area contributed by atoms with E-state index in [1.54, 1.807) is 24.3 Å². The molecule has 0 saturated carbocycles. The van der Waals surface area contributed by atoms with Gasteiger partial charge >= 0.3 is 6.18 Å². The third-order valence-corrected chi connectivity index (χ3v) is 2.60. The van der Waals surface area contributed by atoms with Crippen LogP contribution >= 0.6 is 0 Å². The largest absolute Gasteiger partial charge is 0.457 e. The number of aliphatic hydroxyl groups is 1. The van der Waals surface area contributed by atoms with E-state index >= 15 is 0 Å². The zero-order valence-corrected chi connectivity index (χ0v) is 10.3. The second-order valence-corrected chi connectivity index (χ2v) is 4.19. The third kappa shape index (κ3) is 3.42. The van der Waals surface area contributed by atoms with Crippen LogP contribution in [0.25, 0.3) is 0 Å². The maximum Gasteiger partial charge on any atom is 0.416 e. The summed E-state index contributed by atoms with van der Waals surface area (Å²) < 4.78 is 43.3. The average Bonchev–Trinajstić information content (AvgIpc) is 2.38. The van der Waals surface area contributed by atoms with Crippen LogP contribution in [-0.2, 0) is 12.8 Å². The van der Waals surface area contributed by atoms with Crippen molar-refractivity contribution >= 4 is 5.69 Å². The Morgan fingerprint density at radius 3 is 2.20 bits per heavy atom. The Bertz CT molecular complexity index is 594. The number of nitrogens with two attached hydrogens (primary N) is 1. The van der Waals surface area contributed by atoms with Gasteiger partial charge in [-0.05, 0) is 29.8 Å². The smallest absolute Gasteiger partial charge is 0.416 e. The first-order chi connectivity index (χ1) is 9.38. The Labute approximate surface area is 113 Å². The van der Waals surface area contributed by atoms with Crippen LogP contribution in [0, 0.1) is 0 Å². The summed E-state index contributed by atoms with van der Waals surface area (Å²) >= 11 is 0. The average molecular weight is 283 g/mol. The highest BCUT2D eigenvalue weighted by Gasteiger charge is 2.31. The minimum absolute atomic E-state index is 0.00840. The van der Waals surface area contributed by atoms with Crippen molar-refractivity contribution in [3.05, 3.63) is 53.6 Å². The molecule has 0 fully saturated rings. The van der Waals surface area contributed by atoms with E-state index in [-0.39, 0.29) is 18.0 Å². The summed E-state index contributed by atoms with van der Waals surface area (Å²) in [4.78, 5) is 0. The summed E-state index contributed by atoms with van der Waals surface area (Å²) in [5, 5.41) is 8.90. The molecule has 2 rings (SSSR count). The van der Waals surface area contributed by atoms with E-state index in [0.29, 0.717) is 11.3 Å². The summed E-state index contributed by atoms with van der Waals surface area (Å²) in [6.45, 7) is -0.114. The number of rotatable bonds is 3. The van der Waals surface area contributed by atoms with Crippen LogP contribution in [-0.4, -0.2) is 5.11 Å². The maximum absolute atomic E-state index is 12.6. The first-order valence-corrected chi connectivity index (χ1v) is 5.74. The Morgan fingerprint density at radius 1 is 1.00 bits per heavy atom. The summed E-state index contributed by atoms with van der Waals surface area (Å²) in [5.74, 6) is 0.370. The van der Waals surface area contributed by atoms with Gasteiger partial charge in [-0.15, -0.1) is 0 Å². The molecule has 2 aromatic rings. The number of nitrogen functional groups attached to an aromatic ring is 1. The number of anilines is 1. The molecule has 20 heavy (non-hydrogen) atoms. The lowest BCUT2D eigenvalue weighted by Gasteiger charge is -2.11. The van der Waals surface area contributed by atoms with E-state index < -0.39 is 11.7 Å². The topological polar surface area (TPSA) is 55.5 Å². The molecule has 6 heteroatoms. The maximum atomic E-state index is 12.6. The molecule has 0 aromatic heterocycles. The molecule has 0 atom stereocenters. The van der Waals surface area contributed by atoms with Crippen LogP contribution in [0.2, 0.25) is 0 Å². The lowest BCUT2D eigenvalue weighted by Crippen LogP contribution is -2.06. The van der Waals surface area contributed by atoms with Crippen molar-refractivity contribution in [2.45, 2.75) is 12.8 Å². The van der Waals surface area contributed by atoms with Crippen molar-refractivity contribution in [1.29, 1.82) is 0 Å². The predicted molar refractivity (Wildman–Crippen MR) is 68.3 cm³/mol. The van der Waals surface area contributed by atoms with Gasteiger partial charge in [-0.1, -0.05) is 12.1 Å². The van der Waals surface area contributed by atoms with Gasteiger partial charge in [-0.2, -0.15) is 13.2 Å². The molecule has 0 saturated heterocycles. The van der Waals surface area contributed by atoms with Gasteiger partial charge in [0.2, 0.25) is 0 Å². The highest BCUT2D eigenvalue weighted by atomic mass is 19.4. The van der Waals surface area contributed by atoms with E-state index in [4.69, 9.17) is 15.6 Å². The molecule has 0 aliphatic rings. The van der Waals surface area contributed by atoms with Crippen molar-refractivity contribution in [3.8, 4) is 11.5 Å². The zero-order chi connectivity index (χ0) is 14.8. The number of aliphatic hydroxyl groups excluding tert-OH is 1. The zero-order valence-electron chi connectivity index (χ0n) is 10.3. The quantitative estimate of drug-likeness (QED) is 0.847. The summed E-state index contributed by atoms with van der Waals surface area (Å²) in [6.07, 6.45) is -4.48. The van der Waals surface area contributed by atoms with Crippen molar-refractivity contribution in [1.82, 2.24) is 0 Å². The Balaban J connectivity index is 2.26. The number of benzene rings is 2. The summed E-state index contributed by atoms with van der Waals surface area (Å²) in [7, 11) is 0. The normalized spacial score (nSPS) is 11.4. The SMILES string of the molecule is Nc1cc(Oc2ccc(CO)cc2)cc(C(F)(F)F)c1. The molecule has 106 valence electrons. The fraction of sp³-hybridized carbons (Fsp3) is 0.143. The lowest BCUT2D eigenvalue weighted by atomic mass is 10.2. The Morgan fingerprint density at radius 2 is 1.65 bits per heavy atom. The fourth-order valence-electron chi connectivity index (χ4n) is 1.64. The second kappa shape index (κ2) is 5.42. The number of alkyl halides is 3. The molecular formula is C14H12F3NO2. The monoisotopic (exact) mass is 283 g/mol. The third-order valence-electron chi connectivity index (χ3n) is 2.60. The molecule has 3 nitrogen and oxygen atoms in total. The number of hydrogen-bond acceptors (Lipinski definition) is 3. The minimum Gasteiger partial charge on any atom is -0.457 e. The minimum atomic E-state index is -4.48. The van der Waals surface area contributed by atoms with Crippen molar-refractivity contribution < 1.29 is 23.0 Å². The van der Waals surface area contributed by atoms with Gasteiger partial charge in [0.05, 0.1) is 12.2 Å². The van der Waals surface area contributed by atoms with Gasteiger partial charge in [-0.3, -0.25) is 0 Å². The van der Waals surface area contributed by atoms with E-state index in [1.165, 1.54) is 6.07 Å². The van der Waals surface area contributed by atoms with Crippen LogP contribution in [0.3, 0.4) is 0 Å². The number of halogens is 3. The van der Waals surface area contributed by atoms with Crippen LogP contribution in [0.4, 0.5) is 18.9 Å². The molecule has 0 radical (unpaired) electrons. The van der Waals surface area contributed by atoms with Crippen molar-refractivity contribution in [3.63, 3.8) is 0 Å². The highest BCUT2D eigenvalue weighted by Crippen LogP contribution is 2.34. The van der Waals surface area contributed by atoms with E-state index in [1.807, 2.05) is 0 Å². The molecule has 0 amide bonds. The van der Waals surface area contributed by atoms with E-state index in [2.05, 4.69) is 0 Å². The van der Waals surface area contributed by atoms with Gasteiger partial charge in [0.1, 0.15) is 11.5 Å². The van der Waals surface area contributed by atoms with Gasteiger partial charge < -0.3 is 15.6 Å². The van der Waals surface area contributed by atoms with Gasteiger partial charge in [-0.25, -0.2) is 0 Å². The second-order valence-electron chi connectivity index (χ2n) is 4.19. The lowest BCUT2D eigenvalue weighted by molar-refractivity contribution is -0.137. The van der Waals surface area contributed by atoms with Crippen molar-refractivity contribution in [2.24, 2.45) is 0 Å². The number of hydrogen-bond donors (Lipinski definition) is 2. The predicted octanol–water partition coefficient (Wildman–Crippen LogP) is 3.57. The van der Waals surface area contributed by atoms with Gasteiger partial charge in [0, 0.05) is 11.8 Å². The highest BCUT2D eigenvalue weighted by molar-refractivity contribution is 5.49. The standard InChI is InChI=1S/C14H12F3NO2/c15-14(16,17)10-5-11(18)7-13(6-10)20-12-3-1-9(8-19)2-4-12/h1-7,19H,8,18H2. The Hall–Kier alpha value is -2.21. The van der Waals surface area contributed by atoms with Crippen molar-refractivity contribution in [2.75, 3.05) is 5.73 Å². The molecular weight excluding hydrogens is 271 g/mol. The molecule has 3 N–H and O–H groups in total. The fourth-order valence-corrected chi connectivity index (χ4v) is 1.64. The molecule has 0 aliphatic carbocycles. The van der Waals surface area contributed by atoms with Crippen LogP contribution in [0.1, 0.15) is 11.1 Å². The van der Waals surface area contributed by atoms with Crippen LogP contribution in [0.15, 0.2) is 42.5 Å². The van der Waals surface area contributed by atoms with Gasteiger partial charge in [0.15, 0.2) is 0 Å². The van der Waals surface area contributed by atoms with E-state index in [0.717, 1.165) is 12.1 Å².